The van der Waals surface area contributed by atoms with Gasteiger partial charge < -0.3 is 14.5 Å². The summed E-state index contributed by atoms with van der Waals surface area (Å²) in [6, 6.07) is 7.55. The molecule has 2 heterocycles. The number of ether oxygens (including phenoxy) is 1. The van der Waals surface area contributed by atoms with Gasteiger partial charge in [0.2, 0.25) is 5.91 Å². The minimum Gasteiger partial charge on any atom is -0.493 e. The standard InChI is InChI=1S/C25H36N2O3/c28-24(17-20-7-2-1-3-8-20)27-16-6-9-21(18-27)19-30-23-12-10-22(11-13-23)25(29)26-14-4-5-15-26/h10-13,20-21H,1-9,14-19H2/t21-/m1/s1. The number of nitrogens with zero attached hydrogens (tertiary/aromatic N) is 2. The van der Waals surface area contributed by atoms with E-state index < -0.39 is 0 Å². The molecule has 0 aromatic heterocycles. The molecular formula is C25H36N2O3. The van der Waals surface area contributed by atoms with Crippen molar-refractivity contribution in [1.29, 1.82) is 0 Å². The lowest BCUT2D eigenvalue weighted by Crippen LogP contribution is -2.42. The zero-order valence-electron chi connectivity index (χ0n) is 18.2. The fourth-order valence-electron chi connectivity index (χ4n) is 5.21. The topological polar surface area (TPSA) is 49.9 Å². The van der Waals surface area contributed by atoms with Gasteiger partial charge >= 0.3 is 0 Å². The van der Waals surface area contributed by atoms with Gasteiger partial charge in [0.15, 0.2) is 0 Å². The van der Waals surface area contributed by atoms with Crippen LogP contribution in [0.15, 0.2) is 24.3 Å². The van der Waals surface area contributed by atoms with E-state index in [0.29, 0.717) is 24.3 Å². The Hall–Kier alpha value is -2.04. The van der Waals surface area contributed by atoms with Crippen LogP contribution in [0.4, 0.5) is 0 Å². The van der Waals surface area contributed by atoms with Gasteiger partial charge in [0, 0.05) is 44.1 Å². The number of carbonyl (C=O) groups excluding carboxylic acids is 2. The minimum absolute atomic E-state index is 0.124. The summed E-state index contributed by atoms with van der Waals surface area (Å²) in [6.07, 6.45) is 11.5. The van der Waals surface area contributed by atoms with Gasteiger partial charge in [-0.1, -0.05) is 19.3 Å². The lowest BCUT2D eigenvalue weighted by Gasteiger charge is -2.34. The average molecular weight is 413 g/mol. The molecule has 0 N–H and O–H groups in total. The molecule has 30 heavy (non-hydrogen) atoms. The molecule has 2 saturated heterocycles. The summed E-state index contributed by atoms with van der Waals surface area (Å²) < 4.78 is 6.02. The maximum absolute atomic E-state index is 12.7. The van der Waals surface area contributed by atoms with Gasteiger partial charge in [0.25, 0.3) is 5.91 Å². The third-order valence-corrected chi connectivity index (χ3v) is 7.04. The first-order valence-corrected chi connectivity index (χ1v) is 12.0. The molecule has 3 fully saturated rings. The van der Waals surface area contributed by atoms with E-state index >= 15 is 0 Å². The zero-order chi connectivity index (χ0) is 20.8. The van der Waals surface area contributed by atoms with E-state index in [-0.39, 0.29) is 5.91 Å². The number of hydrogen-bond acceptors (Lipinski definition) is 3. The van der Waals surface area contributed by atoms with Gasteiger partial charge in [-0.25, -0.2) is 0 Å². The van der Waals surface area contributed by atoms with Crippen molar-refractivity contribution in [2.75, 3.05) is 32.8 Å². The lowest BCUT2D eigenvalue weighted by molar-refractivity contribution is -0.134. The second-order valence-electron chi connectivity index (χ2n) is 9.39. The summed E-state index contributed by atoms with van der Waals surface area (Å²) in [5.41, 5.74) is 0.737. The number of amides is 2. The van der Waals surface area contributed by atoms with E-state index in [9.17, 15) is 9.59 Å². The number of piperidine rings is 1. The molecule has 0 spiro atoms. The molecule has 1 atom stereocenters. The van der Waals surface area contributed by atoms with Crippen molar-refractivity contribution in [2.45, 2.75) is 64.2 Å². The van der Waals surface area contributed by atoms with Gasteiger partial charge in [-0.05, 0) is 68.7 Å². The molecule has 164 valence electrons. The summed E-state index contributed by atoms with van der Waals surface area (Å²) >= 11 is 0. The normalized spacial score (nSPS) is 22.9. The fraction of sp³-hybridized carbons (Fsp3) is 0.680. The van der Waals surface area contributed by atoms with Crippen LogP contribution >= 0.6 is 0 Å². The monoisotopic (exact) mass is 412 g/mol. The summed E-state index contributed by atoms with van der Waals surface area (Å²) in [5, 5.41) is 0. The number of hydrogen-bond donors (Lipinski definition) is 0. The van der Waals surface area contributed by atoms with Crippen molar-refractivity contribution in [2.24, 2.45) is 11.8 Å². The van der Waals surface area contributed by atoms with E-state index in [0.717, 1.165) is 69.6 Å². The van der Waals surface area contributed by atoms with Crippen molar-refractivity contribution in [3.8, 4) is 5.75 Å². The number of carbonyl (C=O) groups is 2. The molecule has 1 saturated carbocycles. The maximum atomic E-state index is 12.7. The third kappa shape index (κ3) is 5.55. The van der Waals surface area contributed by atoms with E-state index in [1.807, 2.05) is 29.2 Å². The summed E-state index contributed by atoms with van der Waals surface area (Å²) in [4.78, 5) is 29.2. The first kappa shape index (κ1) is 21.2. The predicted octanol–water partition coefficient (Wildman–Crippen LogP) is 4.51. The van der Waals surface area contributed by atoms with Crippen LogP contribution in [-0.4, -0.2) is 54.4 Å². The van der Waals surface area contributed by atoms with Crippen LogP contribution in [0.5, 0.6) is 5.75 Å². The fourth-order valence-corrected chi connectivity index (χ4v) is 5.21. The molecule has 1 aromatic rings. The van der Waals surface area contributed by atoms with Gasteiger partial charge in [-0.15, -0.1) is 0 Å². The van der Waals surface area contributed by atoms with Crippen molar-refractivity contribution < 1.29 is 14.3 Å². The van der Waals surface area contributed by atoms with Gasteiger partial charge in [-0.3, -0.25) is 9.59 Å². The second kappa shape index (κ2) is 10.3. The van der Waals surface area contributed by atoms with Crippen LogP contribution in [0.25, 0.3) is 0 Å². The molecule has 0 bridgehead atoms. The highest BCUT2D eigenvalue weighted by Gasteiger charge is 2.26. The SMILES string of the molecule is O=C(CC1CCCCC1)N1CCC[C@@H](COc2ccc(C(=O)N3CCCC3)cc2)C1. The van der Waals surface area contributed by atoms with Crippen LogP contribution in [-0.2, 0) is 4.79 Å². The predicted molar refractivity (Wildman–Crippen MR) is 118 cm³/mol. The molecule has 0 unspecified atom stereocenters. The summed E-state index contributed by atoms with van der Waals surface area (Å²) in [7, 11) is 0. The Morgan fingerprint density at radius 2 is 1.47 bits per heavy atom. The molecule has 5 heteroatoms. The molecule has 0 radical (unpaired) electrons. The molecular weight excluding hydrogens is 376 g/mol. The highest BCUT2D eigenvalue weighted by atomic mass is 16.5. The van der Waals surface area contributed by atoms with Gasteiger partial charge in [0.1, 0.15) is 5.75 Å². The first-order valence-electron chi connectivity index (χ1n) is 12.0. The van der Waals surface area contributed by atoms with Crippen LogP contribution in [0.1, 0.15) is 74.6 Å². The lowest BCUT2D eigenvalue weighted by atomic mass is 9.86. The number of rotatable bonds is 6. The Kier molecular flexibility index (Phi) is 7.29. The number of likely N-dealkylation sites (tertiary alicyclic amines) is 2. The van der Waals surface area contributed by atoms with Crippen LogP contribution in [0.2, 0.25) is 0 Å². The highest BCUT2D eigenvalue weighted by molar-refractivity contribution is 5.94. The summed E-state index contributed by atoms with van der Waals surface area (Å²) in [6.45, 7) is 4.09. The minimum atomic E-state index is 0.124. The van der Waals surface area contributed by atoms with Crippen LogP contribution in [0, 0.1) is 11.8 Å². The Balaban J connectivity index is 1.23. The molecule has 1 aliphatic carbocycles. The molecule has 2 amide bonds. The second-order valence-corrected chi connectivity index (χ2v) is 9.39. The smallest absolute Gasteiger partial charge is 0.253 e. The van der Waals surface area contributed by atoms with Crippen molar-refractivity contribution in [1.82, 2.24) is 9.80 Å². The molecule has 4 rings (SSSR count). The quantitative estimate of drug-likeness (QED) is 0.691. The van der Waals surface area contributed by atoms with E-state index in [1.165, 1.54) is 32.1 Å². The van der Waals surface area contributed by atoms with E-state index in [2.05, 4.69) is 4.90 Å². The third-order valence-electron chi connectivity index (χ3n) is 7.04. The first-order chi connectivity index (χ1) is 14.7. The maximum Gasteiger partial charge on any atom is 0.253 e. The Morgan fingerprint density at radius 1 is 0.800 bits per heavy atom. The Labute approximate surface area is 180 Å². The van der Waals surface area contributed by atoms with Crippen LogP contribution in [0.3, 0.4) is 0 Å². The largest absolute Gasteiger partial charge is 0.493 e. The van der Waals surface area contributed by atoms with Gasteiger partial charge in [-0.2, -0.15) is 0 Å². The zero-order valence-corrected chi connectivity index (χ0v) is 18.2. The van der Waals surface area contributed by atoms with Crippen LogP contribution < -0.4 is 4.74 Å². The average Bonchev–Trinajstić information content (AvgIpc) is 3.33. The Morgan fingerprint density at radius 3 is 2.20 bits per heavy atom. The molecule has 3 aliphatic rings. The molecule has 1 aromatic carbocycles. The summed E-state index contributed by atoms with van der Waals surface area (Å²) in [5.74, 6) is 2.26. The van der Waals surface area contributed by atoms with Crippen molar-refractivity contribution in [3.63, 3.8) is 0 Å². The highest BCUT2D eigenvalue weighted by Crippen LogP contribution is 2.28. The van der Waals surface area contributed by atoms with Crippen molar-refractivity contribution in [3.05, 3.63) is 29.8 Å². The number of benzene rings is 1. The van der Waals surface area contributed by atoms with Gasteiger partial charge in [0.05, 0.1) is 6.61 Å². The molecule has 2 aliphatic heterocycles. The van der Waals surface area contributed by atoms with E-state index in [1.54, 1.807) is 0 Å². The Bertz CT molecular complexity index is 706. The van der Waals surface area contributed by atoms with Crippen molar-refractivity contribution >= 4 is 11.8 Å². The van der Waals surface area contributed by atoms with E-state index in [4.69, 9.17) is 4.74 Å². The molecule has 5 nitrogen and oxygen atoms in total.